The Morgan fingerprint density at radius 3 is 2.46 bits per heavy atom. The van der Waals surface area contributed by atoms with Crippen molar-refractivity contribution in [3.63, 3.8) is 0 Å². The molecule has 0 aliphatic carbocycles. The normalized spacial score (nSPS) is 22.2. The molecule has 0 saturated carbocycles. The first kappa shape index (κ1) is 10.1. The second kappa shape index (κ2) is 5.65. The summed E-state index contributed by atoms with van der Waals surface area (Å²) in [5, 5.41) is 0. The highest BCUT2D eigenvalue weighted by molar-refractivity contribution is 4.97. The maximum Gasteiger partial charge on any atom is 0.0622 e. The Kier molecular flexibility index (Phi) is 4.40. The summed E-state index contributed by atoms with van der Waals surface area (Å²) in [6, 6.07) is 0.417. The first-order chi connectivity index (χ1) is 6.38. The van der Waals surface area contributed by atoms with Crippen LogP contribution in [-0.4, -0.2) is 37.2 Å². The molecule has 0 amide bonds. The van der Waals surface area contributed by atoms with Crippen molar-refractivity contribution in [2.45, 2.75) is 18.9 Å². The summed E-state index contributed by atoms with van der Waals surface area (Å²) < 4.78 is 5.38. The molecule has 2 heteroatoms. The third-order valence-corrected chi connectivity index (χ3v) is 2.24. The van der Waals surface area contributed by atoms with Gasteiger partial charge in [0.15, 0.2) is 0 Å². The molecular formula is C11H15NO. The van der Waals surface area contributed by atoms with E-state index < -0.39 is 0 Å². The van der Waals surface area contributed by atoms with Gasteiger partial charge in [0.25, 0.3) is 0 Å². The molecule has 70 valence electrons. The Hall–Kier alpha value is -0.960. The van der Waals surface area contributed by atoms with E-state index in [1.807, 2.05) is 0 Å². The van der Waals surface area contributed by atoms with Gasteiger partial charge in [-0.2, -0.15) is 0 Å². The van der Waals surface area contributed by atoms with Crippen LogP contribution < -0.4 is 0 Å². The molecule has 0 aromatic heterocycles. The summed E-state index contributed by atoms with van der Waals surface area (Å²) in [5.41, 5.74) is 0. The third-order valence-electron chi connectivity index (χ3n) is 2.24. The van der Waals surface area contributed by atoms with Gasteiger partial charge in [-0.1, -0.05) is 11.8 Å². The van der Waals surface area contributed by atoms with E-state index in [0.717, 1.165) is 26.1 Å². The SMILES string of the molecule is C#CCN(CC#C)C1CCCOC1. The zero-order chi connectivity index (χ0) is 9.52. The number of hydrogen-bond acceptors (Lipinski definition) is 2. The number of ether oxygens (including phenoxy) is 1. The molecule has 0 spiro atoms. The Morgan fingerprint density at radius 1 is 1.31 bits per heavy atom. The van der Waals surface area contributed by atoms with Crippen molar-refractivity contribution in [1.29, 1.82) is 0 Å². The van der Waals surface area contributed by atoms with Crippen LogP contribution in [0.25, 0.3) is 0 Å². The lowest BCUT2D eigenvalue weighted by molar-refractivity contribution is 0.0277. The zero-order valence-electron chi connectivity index (χ0n) is 7.83. The van der Waals surface area contributed by atoms with Crippen LogP contribution in [0.3, 0.4) is 0 Å². The summed E-state index contributed by atoms with van der Waals surface area (Å²) in [4.78, 5) is 2.12. The fourth-order valence-electron chi connectivity index (χ4n) is 1.56. The topological polar surface area (TPSA) is 12.5 Å². The third kappa shape index (κ3) is 3.11. The Bertz CT molecular complexity index is 201. The second-order valence-electron chi connectivity index (χ2n) is 3.18. The molecular weight excluding hydrogens is 162 g/mol. The monoisotopic (exact) mass is 177 g/mol. The second-order valence-corrected chi connectivity index (χ2v) is 3.18. The van der Waals surface area contributed by atoms with E-state index >= 15 is 0 Å². The van der Waals surface area contributed by atoms with Gasteiger partial charge in [0.1, 0.15) is 0 Å². The summed E-state index contributed by atoms with van der Waals surface area (Å²) in [6.07, 6.45) is 12.8. The largest absolute Gasteiger partial charge is 0.380 e. The average molecular weight is 177 g/mol. The van der Waals surface area contributed by atoms with Crippen molar-refractivity contribution in [2.75, 3.05) is 26.3 Å². The van der Waals surface area contributed by atoms with E-state index in [4.69, 9.17) is 17.6 Å². The molecule has 0 N–H and O–H groups in total. The summed E-state index contributed by atoms with van der Waals surface area (Å²) >= 11 is 0. The molecule has 13 heavy (non-hydrogen) atoms. The fraction of sp³-hybridized carbons (Fsp3) is 0.636. The number of rotatable bonds is 3. The Balaban J connectivity index is 2.43. The van der Waals surface area contributed by atoms with Crippen LogP contribution in [0.5, 0.6) is 0 Å². The van der Waals surface area contributed by atoms with Crippen molar-refractivity contribution in [2.24, 2.45) is 0 Å². The molecule has 0 radical (unpaired) electrons. The quantitative estimate of drug-likeness (QED) is 0.589. The van der Waals surface area contributed by atoms with Crippen LogP contribution in [0.1, 0.15) is 12.8 Å². The van der Waals surface area contributed by atoms with Gasteiger partial charge < -0.3 is 4.74 Å². The number of terminal acetylenes is 2. The van der Waals surface area contributed by atoms with Crippen LogP contribution >= 0.6 is 0 Å². The number of nitrogens with zero attached hydrogens (tertiary/aromatic N) is 1. The molecule has 1 unspecified atom stereocenters. The first-order valence-electron chi connectivity index (χ1n) is 4.57. The molecule has 1 rings (SSSR count). The molecule has 2 nitrogen and oxygen atoms in total. The van der Waals surface area contributed by atoms with Gasteiger partial charge in [-0.15, -0.1) is 12.8 Å². The van der Waals surface area contributed by atoms with E-state index in [1.165, 1.54) is 0 Å². The summed E-state index contributed by atoms with van der Waals surface area (Å²) in [6.45, 7) is 2.89. The lowest BCUT2D eigenvalue weighted by Gasteiger charge is -2.31. The molecule has 1 aliphatic rings. The van der Waals surface area contributed by atoms with E-state index in [9.17, 15) is 0 Å². The Labute approximate surface area is 80.3 Å². The number of hydrogen-bond donors (Lipinski definition) is 0. The Morgan fingerprint density at radius 2 is 2.00 bits per heavy atom. The molecule has 1 saturated heterocycles. The molecule has 0 aromatic rings. The predicted molar refractivity (Wildman–Crippen MR) is 53.1 cm³/mol. The fourth-order valence-corrected chi connectivity index (χ4v) is 1.56. The van der Waals surface area contributed by atoms with Crippen molar-refractivity contribution < 1.29 is 4.74 Å². The van der Waals surface area contributed by atoms with Crippen molar-refractivity contribution >= 4 is 0 Å². The standard InChI is InChI=1S/C11H15NO/c1-3-7-12(8-4-2)11-6-5-9-13-10-11/h1-2,11H,5-10H2. The van der Waals surface area contributed by atoms with E-state index in [-0.39, 0.29) is 0 Å². The molecule has 1 atom stereocenters. The van der Waals surface area contributed by atoms with Crippen LogP contribution in [0.2, 0.25) is 0 Å². The van der Waals surface area contributed by atoms with Gasteiger partial charge in [-0.3, -0.25) is 4.90 Å². The van der Waals surface area contributed by atoms with Crippen LogP contribution in [0.15, 0.2) is 0 Å². The van der Waals surface area contributed by atoms with Gasteiger partial charge in [-0.25, -0.2) is 0 Å². The molecule has 0 bridgehead atoms. The van der Waals surface area contributed by atoms with Crippen molar-refractivity contribution in [1.82, 2.24) is 4.90 Å². The van der Waals surface area contributed by atoms with Crippen LogP contribution in [0, 0.1) is 24.7 Å². The minimum absolute atomic E-state index is 0.417. The van der Waals surface area contributed by atoms with E-state index in [0.29, 0.717) is 19.1 Å². The van der Waals surface area contributed by atoms with Gasteiger partial charge in [0, 0.05) is 12.6 Å². The van der Waals surface area contributed by atoms with Crippen molar-refractivity contribution in [3.05, 3.63) is 0 Å². The van der Waals surface area contributed by atoms with E-state index in [1.54, 1.807) is 0 Å². The van der Waals surface area contributed by atoms with Crippen LogP contribution in [-0.2, 0) is 4.74 Å². The van der Waals surface area contributed by atoms with Gasteiger partial charge in [-0.05, 0) is 12.8 Å². The molecule has 1 fully saturated rings. The average Bonchev–Trinajstić information content (AvgIpc) is 2.19. The van der Waals surface area contributed by atoms with Gasteiger partial charge in [0.05, 0.1) is 19.7 Å². The van der Waals surface area contributed by atoms with Crippen LogP contribution in [0.4, 0.5) is 0 Å². The molecule has 0 aromatic carbocycles. The smallest absolute Gasteiger partial charge is 0.0622 e. The summed E-state index contributed by atoms with van der Waals surface area (Å²) in [7, 11) is 0. The molecule has 1 heterocycles. The maximum absolute atomic E-state index is 5.38. The minimum atomic E-state index is 0.417. The highest BCUT2D eigenvalue weighted by Crippen LogP contribution is 2.12. The lowest BCUT2D eigenvalue weighted by atomic mass is 10.1. The lowest BCUT2D eigenvalue weighted by Crippen LogP contribution is -2.41. The van der Waals surface area contributed by atoms with Crippen molar-refractivity contribution in [3.8, 4) is 24.7 Å². The van der Waals surface area contributed by atoms with Gasteiger partial charge >= 0.3 is 0 Å². The highest BCUT2D eigenvalue weighted by Gasteiger charge is 2.19. The predicted octanol–water partition coefficient (Wildman–Crippen LogP) is 0.734. The van der Waals surface area contributed by atoms with E-state index in [2.05, 4.69) is 16.7 Å². The van der Waals surface area contributed by atoms with Gasteiger partial charge in [0.2, 0.25) is 0 Å². The molecule has 1 aliphatic heterocycles. The highest BCUT2D eigenvalue weighted by atomic mass is 16.5. The first-order valence-corrected chi connectivity index (χ1v) is 4.57. The maximum atomic E-state index is 5.38. The zero-order valence-corrected chi connectivity index (χ0v) is 7.83. The minimum Gasteiger partial charge on any atom is -0.380 e. The summed E-state index contributed by atoms with van der Waals surface area (Å²) in [5.74, 6) is 5.25.